The third-order valence-corrected chi connectivity index (χ3v) is 6.01. The summed E-state index contributed by atoms with van der Waals surface area (Å²) in [6.45, 7) is 0. The molecule has 0 aliphatic heterocycles. The lowest BCUT2D eigenvalue weighted by molar-refractivity contribution is -0.385. The van der Waals surface area contributed by atoms with Crippen LogP contribution in [0.2, 0.25) is 0 Å². The first kappa shape index (κ1) is 20.7. The van der Waals surface area contributed by atoms with Crippen LogP contribution in [0.5, 0.6) is 0 Å². The molecule has 0 bridgehead atoms. The summed E-state index contributed by atoms with van der Waals surface area (Å²) in [4.78, 5) is 20.5. The molecule has 3 aromatic rings. The summed E-state index contributed by atoms with van der Waals surface area (Å²) in [6, 6.07) is 20.1. The second-order valence-electron chi connectivity index (χ2n) is 7.14. The van der Waals surface area contributed by atoms with Crippen LogP contribution in [0.25, 0.3) is 10.1 Å². The van der Waals surface area contributed by atoms with Gasteiger partial charge in [-0.15, -0.1) is 0 Å². The molecular weight excluding hydrogens is 460 g/mol. The average molecular weight is 477 g/mol. The Morgan fingerprint density at radius 2 is 1.26 bits per heavy atom. The predicted octanol–water partition coefficient (Wildman–Crippen LogP) is 6.47. The zero-order chi connectivity index (χ0) is 22.0. The first-order valence-corrected chi connectivity index (χ1v) is 10.4. The van der Waals surface area contributed by atoms with Crippen LogP contribution >= 0.6 is 15.9 Å². The van der Waals surface area contributed by atoms with E-state index < -0.39 is 0 Å². The Bertz CT molecular complexity index is 1250. The van der Waals surface area contributed by atoms with Gasteiger partial charge in [0.05, 0.1) is 9.85 Å². The van der Waals surface area contributed by atoms with Crippen LogP contribution in [0, 0.1) is 20.2 Å². The number of allylic oxidation sites excluding steroid dienone is 2. The third kappa shape index (κ3) is 4.32. The SMILES string of the molecule is O=[N+]([O-])c1ccc2c(c1)CC=C2Br.O=[N+]([O-])c1ccc2c(c1)CC=C2c1ccccc1. The fourth-order valence-corrected chi connectivity index (χ4v) is 4.29. The second kappa shape index (κ2) is 8.65. The van der Waals surface area contributed by atoms with Crippen molar-refractivity contribution in [3.05, 3.63) is 127 Å². The highest BCUT2D eigenvalue weighted by Crippen LogP contribution is 2.35. The number of hydrogen-bond donors (Lipinski definition) is 0. The number of rotatable bonds is 3. The van der Waals surface area contributed by atoms with Crippen molar-refractivity contribution in [1.29, 1.82) is 0 Å². The van der Waals surface area contributed by atoms with Crippen molar-refractivity contribution < 1.29 is 9.85 Å². The first-order chi connectivity index (χ1) is 14.9. The Labute approximate surface area is 187 Å². The van der Waals surface area contributed by atoms with Gasteiger partial charge in [0.1, 0.15) is 0 Å². The minimum absolute atomic E-state index is 0.161. The van der Waals surface area contributed by atoms with E-state index in [0.29, 0.717) is 0 Å². The standard InChI is InChI=1S/C15H11NO2.C9H6BrNO2/c17-16(18)13-7-9-15-12(10-13)6-8-14(15)11-4-2-1-3-5-11;10-9-4-1-6-5-7(11(12)13)2-3-8(6)9/h1-5,7-10H,6H2;2-5H,1H2. The molecule has 0 N–H and O–H groups in total. The fraction of sp³-hybridized carbons (Fsp3) is 0.0833. The summed E-state index contributed by atoms with van der Waals surface area (Å²) < 4.78 is 1.03. The molecule has 0 saturated heterocycles. The Morgan fingerprint density at radius 1 is 0.710 bits per heavy atom. The molecular formula is C24H17BrN2O4. The number of nitrogens with zero attached hydrogens (tertiary/aromatic N) is 2. The monoisotopic (exact) mass is 476 g/mol. The lowest BCUT2D eigenvalue weighted by Crippen LogP contribution is -1.92. The maximum Gasteiger partial charge on any atom is 0.269 e. The second-order valence-corrected chi connectivity index (χ2v) is 8.00. The number of non-ortho nitro benzene ring substituents is 2. The molecule has 7 heteroatoms. The number of benzene rings is 3. The topological polar surface area (TPSA) is 86.3 Å². The first-order valence-electron chi connectivity index (χ1n) is 9.60. The summed E-state index contributed by atoms with van der Waals surface area (Å²) in [7, 11) is 0. The average Bonchev–Trinajstić information content (AvgIpc) is 3.37. The summed E-state index contributed by atoms with van der Waals surface area (Å²) in [5, 5.41) is 21.2. The maximum atomic E-state index is 10.7. The number of nitro benzene ring substituents is 2. The van der Waals surface area contributed by atoms with E-state index in [9.17, 15) is 20.2 Å². The molecule has 31 heavy (non-hydrogen) atoms. The Kier molecular flexibility index (Phi) is 5.77. The van der Waals surface area contributed by atoms with Gasteiger partial charge in [0.15, 0.2) is 0 Å². The minimum atomic E-state index is -0.369. The molecule has 0 atom stereocenters. The van der Waals surface area contributed by atoms with Gasteiger partial charge in [-0.2, -0.15) is 0 Å². The molecule has 0 heterocycles. The molecule has 0 radical (unpaired) electrons. The molecule has 0 saturated carbocycles. The molecule has 2 aliphatic rings. The number of fused-ring (bicyclic) bond motifs is 2. The molecule has 0 amide bonds. The molecule has 0 aromatic heterocycles. The van der Waals surface area contributed by atoms with Crippen molar-refractivity contribution in [2.75, 3.05) is 0 Å². The zero-order valence-corrected chi connectivity index (χ0v) is 17.9. The van der Waals surface area contributed by atoms with Crippen LogP contribution < -0.4 is 0 Å². The quantitative estimate of drug-likeness (QED) is 0.320. The van der Waals surface area contributed by atoms with Gasteiger partial charge in [-0.25, -0.2) is 0 Å². The molecule has 3 aromatic carbocycles. The van der Waals surface area contributed by atoms with Crippen molar-refractivity contribution in [2.45, 2.75) is 12.8 Å². The summed E-state index contributed by atoms with van der Waals surface area (Å²) in [5.41, 5.74) is 6.86. The van der Waals surface area contributed by atoms with Crippen molar-refractivity contribution in [1.82, 2.24) is 0 Å². The van der Waals surface area contributed by atoms with Crippen molar-refractivity contribution in [3.63, 3.8) is 0 Å². The number of hydrogen-bond acceptors (Lipinski definition) is 4. The summed E-state index contributed by atoms with van der Waals surface area (Å²) >= 11 is 3.39. The van der Waals surface area contributed by atoms with Crippen LogP contribution in [-0.2, 0) is 12.8 Å². The Balaban J connectivity index is 0.000000158. The van der Waals surface area contributed by atoms with E-state index in [4.69, 9.17) is 0 Å². The van der Waals surface area contributed by atoms with Gasteiger partial charge in [-0.05, 0) is 58.4 Å². The molecule has 0 fully saturated rings. The van der Waals surface area contributed by atoms with Gasteiger partial charge in [-0.1, -0.05) is 58.4 Å². The Hall–Kier alpha value is -3.58. The fourth-order valence-electron chi connectivity index (χ4n) is 3.74. The highest BCUT2D eigenvalue weighted by molar-refractivity contribution is 9.15. The smallest absolute Gasteiger partial charge is 0.258 e. The van der Waals surface area contributed by atoms with E-state index in [1.54, 1.807) is 24.3 Å². The molecule has 2 aliphatic carbocycles. The lowest BCUT2D eigenvalue weighted by atomic mass is 9.99. The molecule has 5 rings (SSSR count). The predicted molar refractivity (Wildman–Crippen MR) is 124 cm³/mol. The highest BCUT2D eigenvalue weighted by atomic mass is 79.9. The molecule has 6 nitrogen and oxygen atoms in total. The number of halogens is 1. The van der Waals surface area contributed by atoms with E-state index in [0.717, 1.165) is 45.1 Å². The van der Waals surface area contributed by atoms with Crippen molar-refractivity contribution in [2.24, 2.45) is 0 Å². The zero-order valence-electron chi connectivity index (χ0n) is 16.3. The number of nitro groups is 2. The van der Waals surface area contributed by atoms with Crippen LogP contribution in [0.1, 0.15) is 27.8 Å². The van der Waals surface area contributed by atoms with Gasteiger partial charge in [0.25, 0.3) is 11.4 Å². The van der Waals surface area contributed by atoms with Crippen molar-refractivity contribution in [3.8, 4) is 0 Å². The van der Waals surface area contributed by atoms with Gasteiger partial charge in [0.2, 0.25) is 0 Å². The third-order valence-electron chi connectivity index (χ3n) is 5.26. The largest absolute Gasteiger partial charge is 0.269 e. The minimum Gasteiger partial charge on any atom is -0.258 e. The van der Waals surface area contributed by atoms with E-state index >= 15 is 0 Å². The molecule has 154 valence electrons. The van der Waals surface area contributed by atoms with Crippen LogP contribution in [0.4, 0.5) is 11.4 Å². The Morgan fingerprint density at radius 3 is 1.87 bits per heavy atom. The van der Waals surface area contributed by atoms with Gasteiger partial charge >= 0.3 is 0 Å². The molecule has 0 unspecified atom stereocenters. The summed E-state index contributed by atoms with van der Waals surface area (Å²) in [6.07, 6.45) is 5.68. The normalized spacial score (nSPS) is 13.3. The lowest BCUT2D eigenvalue weighted by Gasteiger charge is -2.05. The highest BCUT2D eigenvalue weighted by Gasteiger charge is 2.18. The van der Waals surface area contributed by atoms with Crippen LogP contribution in [0.3, 0.4) is 0 Å². The van der Waals surface area contributed by atoms with Crippen LogP contribution in [-0.4, -0.2) is 9.85 Å². The molecule has 0 spiro atoms. The van der Waals surface area contributed by atoms with Crippen LogP contribution in [0.15, 0.2) is 78.9 Å². The van der Waals surface area contributed by atoms with Crippen molar-refractivity contribution >= 4 is 37.4 Å². The van der Waals surface area contributed by atoms with E-state index in [1.807, 2.05) is 30.3 Å². The van der Waals surface area contributed by atoms with Gasteiger partial charge in [-0.3, -0.25) is 20.2 Å². The van der Waals surface area contributed by atoms with Gasteiger partial charge < -0.3 is 0 Å². The maximum absolute atomic E-state index is 10.7. The van der Waals surface area contributed by atoms with E-state index in [2.05, 4.69) is 34.1 Å². The summed E-state index contributed by atoms with van der Waals surface area (Å²) in [5.74, 6) is 0. The van der Waals surface area contributed by atoms with Gasteiger partial charge in [0, 0.05) is 28.7 Å². The van der Waals surface area contributed by atoms with E-state index in [1.165, 1.54) is 11.6 Å². The van der Waals surface area contributed by atoms with E-state index in [-0.39, 0.29) is 21.2 Å².